The molecule has 0 saturated heterocycles. The van der Waals surface area contributed by atoms with Crippen molar-refractivity contribution in [1.29, 1.82) is 0 Å². The summed E-state index contributed by atoms with van der Waals surface area (Å²) in [5.74, 6) is -0.682. The fourth-order valence-electron chi connectivity index (χ4n) is 1.21. The molecule has 4 nitrogen and oxygen atoms in total. The van der Waals surface area contributed by atoms with Crippen molar-refractivity contribution in [3.63, 3.8) is 0 Å². The maximum absolute atomic E-state index is 11.7. The minimum absolute atomic E-state index is 0.132. The molecule has 0 spiro atoms. The van der Waals surface area contributed by atoms with Crippen LogP contribution in [0.4, 0.5) is 0 Å². The molecule has 1 atom stereocenters. The number of ether oxygens (including phenoxy) is 1. The van der Waals surface area contributed by atoms with E-state index in [0.717, 1.165) is 0 Å². The van der Waals surface area contributed by atoms with E-state index in [1.807, 2.05) is 0 Å². The van der Waals surface area contributed by atoms with Crippen LogP contribution in [0.5, 0.6) is 0 Å². The van der Waals surface area contributed by atoms with Crippen molar-refractivity contribution in [3.05, 3.63) is 29.8 Å². The van der Waals surface area contributed by atoms with Crippen LogP contribution in [0.15, 0.2) is 29.2 Å². The molecule has 1 aromatic rings. The lowest BCUT2D eigenvalue weighted by Gasteiger charge is -2.16. The molecular formula is C14H18O4S. The van der Waals surface area contributed by atoms with Crippen LogP contribution in [-0.4, -0.2) is 28.8 Å². The Labute approximate surface area is 115 Å². The number of rotatable bonds is 4. The predicted octanol–water partition coefficient (Wildman–Crippen LogP) is 2.20. The first-order valence-electron chi connectivity index (χ1n) is 5.86. The maximum atomic E-state index is 11.7. The third kappa shape index (κ3) is 4.59. The molecule has 0 bridgehead atoms. The lowest BCUT2D eigenvalue weighted by atomic mass is 9.91. The minimum atomic E-state index is -1.08. The van der Waals surface area contributed by atoms with E-state index in [1.165, 1.54) is 0 Å². The fraction of sp³-hybridized carbons (Fsp3) is 0.429. The van der Waals surface area contributed by atoms with E-state index < -0.39 is 22.2 Å². The average molecular weight is 282 g/mol. The number of esters is 1. The van der Waals surface area contributed by atoms with Crippen molar-refractivity contribution in [3.8, 4) is 0 Å². The molecule has 0 unspecified atom stereocenters. The molecule has 1 aromatic carbocycles. The zero-order valence-corrected chi connectivity index (χ0v) is 12.4. The van der Waals surface area contributed by atoms with Crippen LogP contribution < -0.4 is 0 Å². The van der Waals surface area contributed by atoms with Crippen LogP contribution in [0.3, 0.4) is 0 Å². The van der Waals surface area contributed by atoms with E-state index in [0.29, 0.717) is 10.5 Å². The highest BCUT2D eigenvalue weighted by atomic mass is 32.2. The van der Waals surface area contributed by atoms with Gasteiger partial charge in [0.15, 0.2) is 12.4 Å². The van der Waals surface area contributed by atoms with Crippen LogP contribution in [0, 0.1) is 5.41 Å². The third-order valence-electron chi connectivity index (χ3n) is 2.59. The largest absolute Gasteiger partial charge is 0.454 e. The molecule has 0 radical (unpaired) electrons. The maximum Gasteiger partial charge on any atom is 0.338 e. The van der Waals surface area contributed by atoms with Gasteiger partial charge in [-0.1, -0.05) is 20.8 Å². The van der Waals surface area contributed by atoms with Gasteiger partial charge < -0.3 is 4.74 Å². The molecule has 0 saturated carbocycles. The summed E-state index contributed by atoms with van der Waals surface area (Å²) in [6, 6.07) is 6.30. The second kappa shape index (κ2) is 6.10. The van der Waals surface area contributed by atoms with Crippen LogP contribution in [-0.2, 0) is 20.3 Å². The van der Waals surface area contributed by atoms with Crippen LogP contribution in [0.25, 0.3) is 0 Å². The van der Waals surface area contributed by atoms with E-state index in [9.17, 15) is 13.8 Å². The number of hydrogen-bond acceptors (Lipinski definition) is 4. The van der Waals surface area contributed by atoms with E-state index in [2.05, 4.69) is 0 Å². The minimum Gasteiger partial charge on any atom is -0.454 e. The summed E-state index contributed by atoms with van der Waals surface area (Å²) < 4.78 is 16.2. The Balaban J connectivity index is 2.64. The number of benzene rings is 1. The second-order valence-electron chi connectivity index (χ2n) is 5.23. The number of Topliss-reactive ketones (excluding diaryl/α,β-unsaturated/α-hetero) is 1. The molecular weight excluding hydrogens is 264 g/mol. The molecule has 0 fully saturated rings. The highest BCUT2D eigenvalue weighted by molar-refractivity contribution is 7.84. The summed E-state index contributed by atoms with van der Waals surface area (Å²) in [5.41, 5.74) is -0.181. The summed E-state index contributed by atoms with van der Waals surface area (Å²) in [7, 11) is -1.08. The third-order valence-corrected chi connectivity index (χ3v) is 3.53. The smallest absolute Gasteiger partial charge is 0.338 e. The monoisotopic (exact) mass is 282 g/mol. The van der Waals surface area contributed by atoms with E-state index >= 15 is 0 Å². The van der Waals surface area contributed by atoms with Gasteiger partial charge in [-0.15, -0.1) is 0 Å². The van der Waals surface area contributed by atoms with Crippen molar-refractivity contribution >= 4 is 22.6 Å². The van der Waals surface area contributed by atoms with E-state index in [4.69, 9.17) is 4.74 Å². The summed E-state index contributed by atoms with van der Waals surface area (Å²) >= 11 is 0. The zero-order valence-electron chi connectivity index (χ0n) is 11.6. The van der Waals surface area contributed by atoms with Gasteiger partial charge in [-0.05, 0) is 24.3 Å². The number of carbonyl (C=O) groups is 2. The molecule has 104 valence electrons. The molecule has 5 heteroatoms. The van der Waals surface area contributed by atoms with Crippen LogP contribution in [0.1, 0.15) is 31.1 Å². The summed E-state index contributed by atoms with van der Waals surface area (Å²) in [6.07, 6.45) is 1.56. The molecule has 0 amide bonds. The molecule has 0 N–H and O–H groups in total. The SMILES string of the molecule is C[S@](=O)c1ccc(C(=O)OCC(=O)C(C)(C)C)cc1. The molecule has 0 heterocycles. The summed E-state index contributed by atoms with van der Waals surface area (Å²) in [5, 5.41) is 0. The van der Waals surface area contributed by atoms with Gasteiger partial charge in [0.25, 0.3) is 0 Å². The zero-order chi connectivity index (χ0) is 14.6. The van der Waals surface area contributed by atoms with Gasteiger partial charge in [0.05, 0.1) is 5.56 Å². The first-order chi connectivity index (χ1) is 8.71. The Hall–Kier alpha value is -1.49. The van der Waals surface area contributed by atoms with Crippen molar-refractivity contribution in [1.82, 2.24) is 0 Å². The lowest BCUT2D eigenvalue weighted by molar-refractivity contribution is -0.129. The van der Waals surface area contributed by atoms with Crippen LogP contribution in [0.2, 0.25) is 0 Å². The van der Waals surface area contributed by atoms with Gasteiger partial charge in [-0.2, -0.15) is 0 Å². The number of carbonyl (C=O) groups excluding carboxylic acids is 2. The molecule has 0 aromatic heterocycles. The molecule has 1 rings (SSSR count). The Morgan fingerprint density at radius 1 is 1.16 bits per heavy atom. The first kappa shape index (κ1) is 15.6. The first-order valence-corrected chi connectivity index (χ1v) is 7.41. The van der Waals surface area contributed by atoms with Crippen molar-refractivity contribution in [2.24, 2.45) is 5.41 Å². The second-order valence-corrected chi connectivity index (χ2v) is 6.61. The van der Waals surface area contributed by atoms with Crippen molar-refractivity contribution < 1.29 is 18.5 Å². The number of hydrogen-bond donors (Lipinski definition) is 0. The van der Waals surface area contributed by atoms with Gasteiger partial charge in [0, 0.05) is 27.4 Å². The molecule has 0 aliphatic carbocycles. The molecule has 0 aliphatic rings. The highest BCUT2D eigenvalue weighted by Crippen LogP contribution is 2.15. The lowest BCUT2D eigenvalue weighted by Crippen LogP contribution is -2.26. The van der Waals surface area contributed by atoms with E-state index in [1.54, 1.807) is 51.3 Å². The van der Waals surface area contributed by atoms with Crippen LogP contribution >= 0.6 is 0 Å². The Bertz CT molecular complexity index is 497. The summed E-state index contributed by atoms with van der Waals surface area (Å²) in [4.78, 5) is 24.0. The topological polar surface area (TPSA) is 60.4 Å². The highest BCUT2D eigenvalue weighted by Gasteiger charge is 2.22. The number of ketones is 1. The summed E-state index contributed by atoms with van der Waals surface area (Å²) in [6.45, 7) is 5.08. The standard InChI is InChI=1S/C14H18O4S/c1-14(2,3)12(15)9-18-13(16)10-5-7-11(8-6-10)19(4)17/h5-8H,9H2,1-4H3/t19-/m0/s1. The fourth-order valence-corrected chi connectivity index (χ4v) is 1.73. The Morgan fingerprint density at radius 2 is 1.68 bits per heavy atom. The predicted molar refractivity (Wildman–Crippen MR) is 73.5 cm³/mol. The van der Waals surface area contributed by atoms with Gasteiger partial charge in [0.2, 0.25) is 0 Å². The van der Waals surface area contributed by atoms with Gasteiger partial charge >= 0.3 is 5.97 Å². The molecule has 0 aliphatic heterocycles. The average Bonchev–Trinajstić information content (AvgIpc) is 2.34. The van der Waals surface area contributed by atoms with Crippen molar-refractivity contribution in [2.45, 2.75) is 25.7 Å². The Kier molecular flexibility index (Phi) is 5.00. The van der Waals surface area contributed by atoms with Crippen molar-refractivity contribution in [2.75, 3.05) is 12.9 Å². The van der Waals surface area contributed by atoms with Gasteiger partial charge in [0.1, 0.15) is 0 Å². The van der Waals surface area contributed by atoms with E-state index in [-0.39, 0.29) is 12.4 Å². The normalized spacial score (nSPS) is 12.8. The quantitative estimate of drug-likeness (QED) is 0.794. The molecule has 19 heavy (non-hydrogen) atoms. The Morgan fingerprint density at radius 3 is 2.11 bits per heavy atom. The van der Waals surface area contributed by atoms with Gasteiger partial charge in [-0.25, -0.2) is 4.79 Å². The van der Waals surface area contributed by atoms with Gasteiger partial charge in [-0.3, -0.25) is 9.00 Å².